The number of carbonyl (C=O) groups excluding carboxylic acids is 2. The average molecular weight is 603 g/mol. The molecule has 2 amide bonds. The van der Waals surface area contributed by atoms with E-state index in [-0.39, 0.29) is 11.9 Å². The third-order valence-electron chi connectivity index (χ3n) is 7.16. The molecule has 0 radical (unpaired) electrons. The molecule has 0 aliphatic carbocycles. The van der Waals surface area contributed by atoms with Crippen LogP contribution in [0.3, 0.4) is 0 Å². The molecular formula is C29H33Cl2N5O5. The number of ether oxygens (including phenoxy) is 3. The van der Waals surface area contributed by atoms with Gasteiger partial charge in [-0.3, -0.25) is 9.69 Å². The third-order valence-corrected chi connectivity index (χ3v) is 7.91. The molecule has 2 fully saturated rings. The second-order valence-corrected chi connectivity index (χ2v) is 11.9. The third kappa shape index (κ3) is 5.94. The summed E-state index contributed by atoms with van der Waals surface area (Å²) in [5.41, 5.74) is 1.37. The van der Waals surface area contributed by atoms with E-state index < -0.39 is 17.7 Å². The number of carbonyl (C=O) groups is 2. The number of anilines is 1. The molecule has 218 valence electrons. The van der Waals surface area contributed by atoms with Gasteiger partial charge in [0, 0.05) is 48.9 Å². The van der Waals surface area contributed by atoms with Gasteiger partial charge >= 0.3 is 6.09 Å². The normalized spacial score (nSPS) is 18.7. The molecule has 1 aromatic heterocycles. The van der Waals surface area contributed by atoms with Crippen LogP contribution in [0, 0.1) is 0 Å². The van der Waals surface area contributed by atoms with Crippen molar-refractivity contribution >= 4 is 52.1 Å². The molecule has 41 heavy (non-hydrogen) atoms. The summed E-state index contributed by atoms with van der Waals surface area (Å²) < 4.78 is 16.4. The van der Waals surface area contributed by atoms with Crippen molar-refractivity contribution in [2.45, 2.75) is 51.3 Å². The van der Waals surface area contributed by atoms with E-state index in [9.17, 15) is 9.59 Å². The lowest BCUT2D eigenvalue weighted by Crippen LogP contribution is -2.52. The molecule has 2 aliphatic heterocycles. The Kier molecular flexibility index (Phi) is 8.07. The van der Waals surface area contributed by atoms with Gasteiger partial charge in [0.1, 0.15) is 23.1 Å². The summed E-state index contributed by atoms with van der Waals surface area (Å²) in [6.45, 7) is 7.15. The molecule has 3 aromatic rings. The van der Waals surface area contributed by atoms with Gasteiger partial charge in [-0.2, -0.15) is 0 Å². The molecule has 2 aromatic carbocycles. The SMILES string of the molecule is COc1cc(OC)c(Cl)c(-c2ccc3nc(N[C@H]4C[C@@H](C(=O)N5CCC5)N(C(=O)OC(C)(C)C)C4)ncc3c2)c1Cl. The summed E-state index contributed by atoms with van der Waals surface area (Å²) in [5, 5.41) is 4.83. The van der Waals surface area contributed by atoms with Crippen molar-refractivity contribution in [3.63, 3.8) is 0 Å². The highest BCUT2D eigenvalue weighted by molar-refractivity contribution is 6.41. The predicted octanol–water partition coefficient (Wildman–Crippen LogP) is 5.64. The standard InChI is InChI=1S/C29H33Cl2N5O5/c1-29(2,3)41-28(38)36-15-18(12-20(36)26(37)35-9-6-10-35)33-27-32-14-17-11-16(7-8-19(17)34-27)23-24(30)21(39-4)13-22(40-5)25(23)31/h7-8,11,13-14,18,20H,6,9-10,12,15H2,1-5H3,(H,32,33,34)/t18-,20-/m0/s1. The maximum Gasteiger partial charge on any atom is 0.411 e. The van der Waals surface area contributed by atoms with E-state index in [1.165, 1.54) is 19.1 Å². The monoisotopic (exact) mass is 601 g/mol. The van der Waals surface area contributed by atoms with E-state index in [2.05, 4.69) is 15.3 Å². The number of fused-ring (bicyclic) bond motifs is 1. The summed E-state index contributed by atoms with van der Waals surface area (Å²) in [5.74, 6) is 1.24. The van der Waals surface area contributed by atoms with Crippen molar-refractivity contribution in [2.75, 3.05) is 39.2 Å². The molecule has 0 saturated carbocycles. The zero-order valence-electron chi connectivity index (χ0n) is 23.7. The Bertz CT molecular complexity index is 1460. The van der Waals surface area contributed by atoms with Crippen molar-refractivity contribution < 1.29 is 23.8 Å². The topological polar surface area (TPSA) is 106 Å². The highest BCUT2D eigenvalue weighted by atomic mass is 35.5. The van der Waals surface area contributed by atoms with Gasteiger partial charge in [-0.1, -0.05) is 29.3 Å². The van der Waals surface area contributed by atoms with Gasteiger partial charge in [-0.05, 0) is 51.3 Å². The van der Waals surface area contributed by atoms with Crippen LogP contribution in [0.25, 0.3) is 22.0 Å². The number of nitrogens with zero attached hydrogens (tertiary/aromatic N) is 4. The number of halogens is 2. The van der Waals surface area contributed by atoms with Crippen LogP contribution >= 0.6 is 23.2 Å². The lowest BCUT2D eigenvalue weighted by molar-refractivity contribution is -0.139. The van der Waals surface area contributed by atoms with Crippen LogP contribution in [-0.2, 0) is 9.53 Å². The Morgan fingerprint density at radius 3 is 2.32 bits per heavy atom. The van der Waals surface area contributed by atoms with E-state index in [1.54, 1.807) is 17.2 Å². The highest BCUT2D eigenvalue weighted by Crippen LogP contribution is 2.46. The van der Waals surface area contributed by atoms with Gasteiger partial charge in [0.05, 0.1) is 29.8 Å². The molecule has 0 spiro atoms. The van der Waals surface area contributed by atoms with Crippen molar-refractivity contribution in [1.29, 1.82) is 0 Å². The number of nitrogens with one attached hydrogen (secondary N) is 1. The number of likely N-dealkylation sites (tertiary alicyclic amines) is 2. The Morgan fingerprint density at radius 1 is 1.05 bits per heavy atom. The second-order valence-electron chi connectivity index (χ2n) is 11.2. The van der Waals surface area contributed by atoms with E-state index in [1.807, 2.05) is 39.0 Å². The van der Waals surface area contributed by atoms with Crippen LogP contribution in [0.1, 0.15) is 33.6 Å². The fraction of sp³-hybridized carbons (Fsp3) is 0.448. The first kappa shape index (κ1) is 29.0. The van der Waals surface area contributed by atoms with Gasteiger partial charge < -0.3 is 24.4 Å². The maximum atomic E-state index is 13.1. The number of methoxy groups -OCH3 is 2. The van der Waals surface area contributed by atoms with E-state index >= 15 is 0 Å². The Hall–Kier alpha value is -3.50. The van der Waals surface area contributed by atoms with Gasteiger partial charge in [-0.25, -0.2) is 14.8 Å². The quantitative estimate of drug-likeness (QED) is 0.387. The van der Waals surface area contributed by atoms with Crippen molar-refractivity contribution in [2.24, 2.45) is 0 Å². The molecule has 0 unspecified atom stereocenters. The molecule has 1 N–H and O–H groups in total. The Morgan fingerprint density at radius 2 is 1.73 bits per heavy atom. The minimum atomic E-state index is -0.669. The Labute approximate surface area is 248 Å². The second kappa shape index (κ2) is 11.4. The first-order chi connectivity index (χ1) is 19.5. The average Bonchev–Trinajstić information content (AvgIpc) is 3.31. The maximum absolute atomic E-state index is 13.1. The van der Waals surface area contributed by atoms with Crippen LogP contribution in [0.15, 0.2) is 30.5 Å². The molecule has 5 rings (SSSR count). The first-order valence-corrected chi connectivity index (χ1v) is 14.2. The fourth-order valence-corrected chi connectivity index (χ4v) is 5.74. The van der Waals surface area contributed by atoms with Crippen LogP contribution in [0.4, 0.5) is 10.7 Å². The molecule has 2 saturated heterocycles. The molecule has 0 bridgehead atoms. The number of benzene rings is 2. The number of rotatable bonds is 6. The zero-order chi connectivity index (χ0) is 29.5. The summed E-state index contributed by atoms with van der Waals surface area (Å²) in [4.78, 5) is 38.6. The Balaban J connectivity index is 1.38. The molecule has 2 aliphatic rings. The minimum absolute atomic E-state index is 0.0511. The molecule has 12 heteroatoms. The lowest BCUT2D eigenvalue weighted by Gasteiger charge is -2.36. The van der Waals surface area contributed by atoms with Crippen molar-refractivity contribution in [3.8, 4) is 22.6 Å². The minimum Gasteiger partial charge on any atom is -0.495 e. The zero-order valence-corrected chi connectivity index (χ0v) is 25.2. The van der Waals surface area contributed by atoms with Crippen molar-refractivity contribution in [3.05, 3.63) is 40.5 Å². The molecule has 10 nitrogen and oxygen atoms in total. The number of amides is 2. The largest absolute Gasteiger partial charge is 0.495 e. The fourth-order valence-electron chi connectivity index (χ4n) is 5.02. The van der Waals surface area contributed by atoms with Gasteiger partial charge in [-0.15, -0.1) is 0 Å². The summed E-state index contributed by atoms with van der Waals surface area (Å²) in [6, 6.07) is 6.44. The van der Waals surface area contributed by atoms with Crippen molar-refractivity contribution in [1.82, 2.24) is 19.8 Å². The van der Waals surface area contributed by atoms with Crippen LogP contribution in [-0.4, -0.2) is 83.3 Å². The smallest absolute Gasteiger partial charge is 0.411 e. The highest BCUT2D eigenvalue weighted by Gasteiger charge is 2.44. The van der Waals surface area contributed by atoms with Crippen LogP contribution in [0.2, 0.25) is 10.0 Å². The molecular weight excluding hydrogens is 569 g/mol. The summed E-state index contributed by atoms with van der Waals surface area (Å²) in [7, 11) is 3.06. The van der Waals surface area contributed by atoms with E-state index in [0.29, 0.717) is 64.6 Å². The first-order valence-electron chi connectivity index (χ1n) is 13.4. The van der Waals surface area contributed by atoms with Crippen LogP contribution < -0.4 is 14.8 Å². The van der Waals surface area contributed by atoms with Gasteiger partial charge in [0.15, 0.2) is 0 Å². The van der Waals surface area contributed by atoms with E-state index in [4.69, 9.17) is 37.4 Å². The predicted molar refractivity (Wildman–Crippen MR) is 158 cm³/mol. The lowest BCUT2D eigenvalue weighted by atomic mass is 10.0. The molecule has 2 atom stereocenters. The summed E-state index contributed by atoms with van der Waals surface area (Å²) >= 11 is 13.2. The van der Waals surface area contributed by atoms with Crippen LogP contribution in [0.5, 0.6) is 11.5 Å². The number of hydrogen-bond acceptors (Lipinski definition) is 8. The van der Waals surface area contributed by atoms with Gasteiger partial charge in [0.25, 0.3) is 0 Å². The number of aromatic nitrogens is 2. The molecule has 3 heterocycles. The number of hydrogen-bond donors (Lipinski definition) is 1. The van der Waals surface area contributed by atoms with Gasteiger partial charge in [0.2, 0.25) is 11.9 Å². The summed E-state index contributed by atoms with van der Waals surface area (Å²) in [6.07, 6.45) is 2.61. The van der Waals surface area contributed by atoms with E-state index in [0.717, 1.165) is 17.4 Å².